The van der Waals surface area contributed by atoms with Gasteiger partial charge in [-0.05, 0) is 37.6 Å². The Labute approximate surface area is 117 Å². The van der Waals surface area contributed by atoms with Crippen molar-refractivity contribution < 1.29 is 9.53 Å². The van der Waals surface area contributed by atoms with Crippen molar-refractivity contribution >= 4 is 17.7 Å². The Hall–Kier alpha value is -2.56. The number of benzene rings is 1. The number of ether oxygens (including phenoxy) is 1. The lowest BCUT2D eigenvalue weighted by atomic mass is 10.2. The molecule has 1 amide bonds. The molecule has 2 N–H and O–H groups in total. The molecule has 1 heterocycles. The summed E-state index contributed by atoms with van der Waals surface area (Å²) in [5.74, 6) is 0.564. The van der Waals surface area contributed by atoms with Crippen LogP contribution in [0.1, 0.15) is 17.0 Å². The lowest BCUT2D eigenvalue weighted by Crippen LogP contribution is -2.09. The summed E-state index contributed by atoms with van der Waals surface area (Å²) >= 11 is 0. The minimum absolute atomic E-state index is 0.194. The average Bonchev–Trinajstić information content (AvgIpc) is 2.77. The van der Waals surface area contributed by atoms with Gasteiger partial charge in [-0.2, -0.15) is 5.10 Å². The van der Waals surface area contributed by atoms with E-state index in [1.54, 1.807) is 13.2 Å². The molecule has 0 fully saturated rings. The number of rotatable bonds is 4. The monoisotopic (exact) mass is 271 g/mol. The number of nitrogens with zero attached hydrogens (tertiary/aromatic N) is 1. The number of hydrogen-bond acceptors (Lipinski definition) is 3. The van der Waals surface area contributed by atoms with Crippen LogP contribution in [0.5, 0.6) is 5.75 Å². The summed E-state index contributed by atoms with van der Waals surface area (Å²) in [6.45, 7) is 3.70. The molecule has 0 aliphatic carbocycles. The molecule has 0 radical (unpaired) electrons. The lowest BCUT2D eigenvalue weighted by molar-refractivity contribution is -0.111. The first-order chi connectivity index (χ1) is 9.60. The van der Waals surface area contributed by atoms with Crippen LogP contribution >= 0.6 is 0 Å². The number of aryl methyl sites for hydroxylation is 2. The molecule has 0 bridgehead atoms. The van der Waals surface area contributed by atoms with E-state index in [1.165, 1.54) is 6.08 Å². The molecule has 0 aliphatic heterocycles. The largest absolute Gasteiger partial charge is 0.497 e. The van der Waals surface area contributed by atoms with Gasteiger partial charge in [0.15, 0.2) is 0 Å². The second kappa shape index (κ2) is 6.06. The van der Waals surface area contributed by atoms with E-state index in [0.29, 0.717) is 0 Å². The van der Waals surface area contributed by atoms with Crippen LogP contribution in [0.2, 0.25) is 0 Å². The summed E-state index contributed by atoms with van der Waals surface area (Å²) in [5, 5.41) is 9.66. The Balaban J connectivity index is 2.06. The van der Waals surface area contributed by atoms with Gasteiger partial charge < -0.3 is 10.1 Å². The summed E-state index contributed by atoms with van der Waals surface area (Å²) in [7, 11) is 1.61. The SMILES string of the molecule is COc1cccc(/C=C/C(=O)Nc2c(C)n[nH]c2C)c1. The van der Waals surface area contributed by atoms with E-state index < -0.39 is 0 Å². The van der Waals surface area contributed by atoms with E-state index in [0.717, 1.165) is 28.4 Å². The van der Waals surface area contributed by atoms with Gasteiger partial charge in [-0.15, -0.1) is 0 Å². The summed E-state index contributed by atoms with van der Waals surface area (Å²) in [6, 6.07) is 7.50. The molecule has 5 nitrogen and oxygen atoms in total. The number of H-pyrrole nitrogens is 1. The molecule has 0 aliphatic rings. The van der Waals surface area contributed by atoms with Crippen LogP contribution < -0.4 is 10.1 Å². The number of methoxy groups -OCH3 is 1. The zero-order valence-electron chi connectivity index (χ0n) is 11.7. The second-order valence-corrected chi connectivity index (χ2v) is 4.41. The molecule has 2 rings (SSSR count). The van der Waals surface area contributed by atoms with Gasteiger partial charge in [0.25, 0.3) is 0 Å². The fourth-order valence-corrected chi connectivity index (χ4v) is 1.82. The first-order valence-corrected chi connectivity index (χ1v) is 6.25. The van der Waals surface area contributed by atoms with Crippen molar-refractivity contribution in [2.75, 3.05) is 12.4 Å². The van der Waals surface area contributed by atoms with E-state index in [1.807, 2.05) is 38.1 Å². The van der Waals surface area contributed by atoms with Gasteiger partial charge >= 0.3 is 0 Å². The first kappa shape index (κ1) is 13.9. The van der Waals surface area contributed by atoms with Crippen molar-refractivity contribution in [2.24, 2.45) is 0 Å². The van der Waals surface area contributed by atoms with E-state index in [9.17, 15) is 4.79 Å². The second-order valence-electron chi connectivity index (χ2n) is 4.41. The van der Waals surface area contributed by atoms with Gasteiger partial charge in [-0.3, -0.25) is 9.89 Å². The number of amides is 1. The van der Waals surface area contributed by atoms with Crippen LogP contribution in [-0.4, -0.2) is 23.2 Å². The Bertz CT molecular complexity index is 625. The summed E-state index contributed by atoms with van der Waals surface area (Å²) in [5.41, 5.74) is 3.24. The van der Waals surface area contributed by atoms with Crippen molar-refractivity contribution in [3.8, 4) is 5.75 Å². The average molecular weight is 271 g/mol. The number of carbonyl (C=O) groups is 1. The zero-order valence-corrected chi connectivity index (χ0v) is 11.7. The molecule has 0 saturated carbocycles. The van der Waals surface area contributed by atoms with Gasteiger partial charge in [-0.1, -0.05) is 12.1 Å². The number of hydrogen-bond donors (Lipinski definition) is 2. The van der Waals surface area contributed by atoms with Crippen LogP contribution in [-0.2, 0) is 4.79 Å². The van der Waals surface area contributed by atoms with Crippen LogP contribution in [0, 0.1) is 13.8 Å². The predicted octanol–water partition coefficient (Wildman–Crippen LogP) is 2.69. The highest BCUT2D eigenvalue weighted by Crippen LogP contribution is 2.16. The third-order valence-electron chi connectivity index (χ3n) is 2.90. The van der Waals surface area contributed by atoms with Crippen LogP contribution in [0.4, 0.5) is 5.69 Å². The Morgan fingerprint density at radius 2 is 2.20 bits per heavy atom. The van der Waals surface area contributed by atoms with E-state index >= 15 is 0 Å². The summed E-state index contributed by atoms with van der Waals surface area (Å²) in [4.78, 5) is 11.9. The lowest BCUT2D eigenvalue weighted by Gasteiger charge is -2.02. The fourth-order valence-electron chi connectivity index (χ4n) is 1.82. The van der Waals surface area contributed by atoms with Crippen molar-refractivity contribution in [3.05, 3.63) is 47.3 Å². The topological polar surface area (TPSA) is 67.0 Å². The van der Waals surface area contributed by atoms with Crippen molar-refractivity contribution in [3.63, 3.8) is 0 Å². The molecule has 1 aromatic carbocycles. The molecular weight excluding hydrogens is 254 g/mol. The molecule has 0 atom stereocenters. The van der Waals surface area contributed by atoms with Gasteiger partial charge in [-0.25, -0.2) is 0 Å². The van der Waals surface area contributed by atoms with Gasteiger partial charge in [0, 0.05) is 6.08 Å². The van der Waals surface area contributed by atoms with Gasteiger partial charge in [0.1, 0.15) is 5.75 Å². The predicted molar refractivity (Wildman–Crippen MR) is 78.7 cm³/mol. The zero-order chi connectivity index (χ0) is 14.5. The van der Waals surface area contributed by atoms with Crippen molar-refractivity contribution in [1.29, 1.82) is 0 Å². The molecule has 1 aromatic heterocycles. The molecule has 5 heteroatoms. The minimum atomic E-state index is -0.194. The number of aromatic nitrogens is 2. The normalized spacial score (nSPS) is 10.8. The summed E-state index contributed by atoms with van der Waals surface area (Å²) < 4.78 is 5.13. The first-order valence-electron chi connectivity index (χ1n) is 6.25. The Kier molecular flexibility index (Phi) is 4.20. The highest BCUT2D eigenvalue weighted by Gasteiger charge is 2.07. The van der Waals surface area contributed by atoms with Crippen LogP contribution in [0.15, 0.2) is 30.3 Å². The van der Waals surface area contributed by atoms with Crippen LogP contribution in [0.3, 0.4) is 0 Å². The third-order valence-corrected chi connectivity index (χ3v) is 2.90. The summed E-state index contributed by atoms with van der Waals surface area (Å²) in [6.07, 6.45) is 3.23. The van der Waals surface area contributed by atoms with Crippen LogP contribution in [0.25, 0.3) is 6.08 Å². The molecule has 2 aromatic rings. The molecule has 104 valence electrons. The molecule has 20 heavy (non-hydrogen) atoms. The number of nitrogens with one attached hydrogen (secondary N) is 2. The standard InChI is InChI=1S/C15H17N3O2/c1-10-15(11(2)18-17-10)16-14(19)8-7-12-5-4-6-13(9-12)20-3/h4-9H,1-3H3,(H,16,19)(H,17,18)/b8-7+. The molecule has 0 saturated heterocycles. The Morgan fingerprint density at radius 3 is 2.85 bits per heavy atom. The van der Waals surface area contributed by atoms with Gasteiger partial charge in [0.05, 0.1) is 24.2 Å². The Morgan fingerprint density at radius 1 is 1.40 bits per heavy atom. The molecular formula is C15H17N3O2. The number of aromatic amines is 1. The van der Waals surface area contributed by atoms with Gasteiger partial charge in [0.2, 0.25) is 5.91 Å². The number of carbonyl (C=O) groups excluding carboxylic acids is 1. The highest BCUT2D eigenvalue weighted by atomic mass is 16.5. The fraction of sp³-hybridized carbons (Fsp3) is 0.200. The highest BCUT2D eigenvalue weighted by molar-refractivity contribution is 6.02. The maximum Gasteiger partial charge on any atom is 0.248 e. The minimum Gasteiger partial charge on any atom is -0.497 e. The quantitative estimate of drug-likeness (QED) is 0.840. The maximum atomic E-state index is 11.9. The number of anilines is 1. The molecule has 0 spiro atoms. The van der Waals surface area contributed by atoms with E-state index in [2.05, 4.69) is 15.5 Å². The molecule has 0 unspecified atom stereocenters. The van der Waals surface area contributed by atoms with E-state index in [4.69, 9.17) is 4.74 Å². The maximum absolute atomic E-state index is 11.9. The third kappa shape index (κ3) is 3.26. The van der Waals surface area contributed by atoms with Crippen molar-refractivity contribution in [1.82, 2.24) is 10.2 Å². The van der Waals surface area contributed by atoms with E-state index in [-0.39, 0.29) is 5.91 Å². The van der Waals surface area contributed by atoms with Crippen molar-refractivity contribution in [2.45, 2.75) is 13.8 Å². The smallest absolute Gasteiger partial charge is 0.248 e.